The second-order valence-electron chi connectivity index (χ2n) is 8.53. The monoisotopic (exact) mass is 577 g/mol. The number of guanidine groups is 1. The number of aliphatic imine (C=N–C) groups is 1. The zero-order chi connectivity index (χ0) is 23.0. The molecule has 0 saturated carbocycles. The van der Waals surface area contributed by atoms with Crippen molar-refractivity contribution in [2.45, 2.75) is 45.8 Å². The molecule has 1 aromatic heterocycles. The summed E-state index contributed by atoms with van der Waals surface area (Å²) >= 11 is 0. The summed E-state index contributed by atoms with van der Waals surface area (Å²) in [6.45, 7) is 8.22. The van der Waals surface area contributed by atoms with E-state index >= 15 is 0 Å². The quantitative estimate of drug-likeness (QED) is 0.232. The number of nitrogens with zero attached hydrogens (tertiary/aromatic N) is 3. The standard InChI is InChI=1S/C26H32FN5O.HI/c1-3-28-26(29-16-24-18-33-25(30-24)21-8-4-19(2)5-9-21)31-23-12-14-32(15-13-23)17-20-6-10-22(27)11-7-20;/h4-11,18,23H,3,12-17H2,1-2H3,(H2,28,29,31);1H. The molecule has 4 rings (SSSR count). The summed E-state index contributed by atoms with van der Waals surface area (Å²) in [4.78, 5) is 11.7. The summed E-state index contributed by atoms with van der Waals surface area (Å²) in [6, 6.07) is 15.3. The Morgan fingerprint density at radius 2 is 1.82 bits per heavy atom. The first-order chi connectivity index (χ1) is 16.1. The maximum Gasteiger partial charge on any atom is 0.226 e. The van der Waals surface area contributed by atoms with Crippen molar-refractivity contribution < 1.29 is 8.81 Å². The van der Waals surface area contributed by atoms with Crippen molar-refractivity contribution in [3.8, 4) is 11.5 Å². The summed E-state index contributed by atoms with van der Waals surface area (Å²) in [6.07, 6.45) is 3.75. The smallest absolute Gasteiger partial charge is 0.226 e. The summed E-state index contributed by atoms with van der Waals surface area (Å²) in [5.74, 6) is 1.23. The Morgan fingerprint density at radius 1 is 1.12 bits per heavy atom. The number of aryl methyl sites for hydroxylation is 1. The van der Waals surface area contributed by atoms with E-state index in [0.29, 0.717) is 18.5 Å². The predicted molar refractivity (Wildman–Crippen MR) is 145 cm³/mol. The van der Waals surface area contributed by atoms with Crippen LogP contribution in [0.15, 0.2) is 64.2 Å². The molecule has 1 aliphatic heterocycles. The summed E-state index contributed by atoms with van der Waals surface area (Å²) in [7, 11) is 0. The van der Waals surface area contributed by atoms with Crippen LogP contribution in [0.4, 0.5) is 4.39 Å². The van der Waals surface area contributed by atoms with Gasteiger partial charge in [0, 0.05) is 37.8 Å². The molecule has 8 heteroatoms. The van der Waals surface area contributed by atoms with Crippen LogP contribution in [0.3, 0.4) is 0 Å². The van der Waals surface area contributed by atoms with Gasteiger partial charge in [-0.3, -0.25) is 4.90 Å². The maximum atomic E-state index is 13.1. The number of aromatic nitrogens is 1. The van der Waals surface area contributed by atoms with Gasteiger partial charge in [-0.05, 0) is 56.5 Å². The van der Waals surface area contributed by atoms with E-state index in [9.17, 15) is 4.39 Å². The minimum absolute atomic E-state index is 0. The molecule has 6 nitrogen and oxygen atoms in total. The Balaban J connectivity index is 0.00000324. The molecule has 2 heterocycles. The molecular weight excluding hydrogens is 544 g/mol. The Labute approximate surface area is 218 Å². The number of hydrogen-bond acceptors (Lipinski definition) is 4. The molecule has 2 aromatic carbocycles. The molecule has 182 valence electrons. The number of likely N-dealkylation sites (tertiary alicyclic amines) is 1. The van der Waals surface area contributed by atoms with Crippen molar-refractivity contribution in [3.05, 3.63) is 77.4 Å². The number of halogens is 2. The van der Waals surface area contributed by atoms with Crippen LogP contribution in [0.5, 0.6) is 0 Å². The van der Waals surface area contributed by atoms with Gasteiger partial charge in [0.05, 0.1) is 6.54 Å². The van der Waals surface area contributed by atoms with Crippen molar-refractivity contribution in [2.24, 2.45) is 4.99 Å². The highest BCUT2D eigenvalue weighted by Crippen LogP contribution is 2.19. The highest BCUT2D eigenvalue weighted by Gasteiger charge is 2.20. The molecule has 0 aliphatic carbocycles. The fourth-order valence-corrected chi connectivity index (χ4v) is 3.97. The maximum absolute atomic E-state index is 13.1. The Hall–Kier alpha value is -2.46. The fraction of sp³-hybridized carbons (Fsp3) is 0.385. The Bertz CT molecular complexity index is 1040. The Kier molecular flexibility index (Phi) is 9.88. The molecule has 0 unspecified atom stereocenters. The third-order valence-electron chi connectivity index (χ3n) is 5.84. The molecule has 0 spiro atoms. The highest BCUT2D eigenvalue weighted by atomic mass is 127. The predicted octanol–water partition coefficient (Wildman–Crippen LogP) is 5.13. The van der Waals surface area contributed by atoms with Crippen molar-refractivity contribution in [2.75, 3.05) is 19.6 Å². The van der Waals surface area contributed by atoms with Gasteiger partial charge in [0.15, 0.2) is 5.96 Å². The van der Waals surface area contributed by atoms with Gasteiger partial charge in [-0.2, -0.15) is 0 Å². The lowest BCUT2D eigenvalue weighted by Gasteiger charge is -2.33. The van der Waals surface area contributed by atoms with E-state index < -0.39 is 0 Å². The SMILES string of the molecule is CCNC(=NCc1coc(-c2ccc(C)cc2)n1)NC1CCN(Cc2ccc(F)cc2)CC1.I. The molecule has 0 atom stereocenters. The van der Waals surface area contributed by atoms with Gasteiger partial charge < -0.3 is 15.1 Å². The van der Waals surface area contributed by atoms with Crippen molar-refractivity contribution in [3.63, 3.8) is 0 Å². The highest BCUT2D eigenvalue weighted by molar-refractivity contribution is 14.0. The first-order valence-electron chi connectivity index (χ1n) is 11.6. The second kappa shape index (κ2) is 12.9. The van der Waals surface area contributed by atoms with Crippen LogP contribution in [0.25, 0.3) is 11.5 Å². The second-order valence-corrected chi connectivity index (χ2v) is 8.53. The molecule has 34 heavy (non-hydrogen) atoms. The van der Waals surface area contributed by atoms with E-state index in [1.165, 1.54) is 17.7 Å². The van der Waals surface area contributed by atoms with E-state index in [0.717, 1.165) is 61.8 Å². The van der Waals surface area contributed by atoms with E-state index in [1.54, 1.807) is 6.26 Å². The lowest BCUT2D eigenvalue weighted by atomic mass is 10.0. The van der Waals surface area contributed by atoms with E-state index in [-0.39, 0.29) is 29.8 Å². The van der Waals surface area contributed by atoms with Gasteiger partial charge in [0.25, 0.3) is 0 Å². The zero-order valence-corrected chi connectivity index (χ0v) is 22.1. The van der Waals surface area contributed by atoms with Gasteiger partial charge >= 0.3 is 0 Å². The van der Waals surface area contributed by atoms with Crippen LogP contribution in [0, 0.1) is 12.7 Å². The van der Waals surface area contributed by atoms with Gasteiger partial charge in [-0.25, -0.2) is 14.4 Å². The van der Waals surface area contributed by atoms with Gasteiger partial charge in [-0.15, -0.1) is 24.0 Å². The van der Waals surface area contributed by atoms with Crippen molar-refractivity contribution in [1.29, 1.82) is 0 Å². The van der Waals surface area contributed by atoms with E-state index in [1.807, 2.05) is 24.3 Å². The fourth-order valence-electron chi connectivity index (χ4n) is 3.97. The van der Waals surface area contributed by atoms with Crippen LogP contribution >= 0.6 is 24.0 Å². The first-order valence-corrected chi connectivity index (χ1v) is 11.6. The summed E-state index contributed by atoms with van der Waals surface area (Å²) < 4.78 is 18.8. The molecule has 3 aromatic rings. The van der Waals surface area contributed by atoms with Crippen LogP contribution in [0.1, 0.15) is 36.6 Å². The molecular formula is C26H33FIN5O. The third-order valence-corrected chi connectivity index (χ3v) is 5.84. The minimum Gasteiger partial charge on any atom is -0.444 e. The van der Waals surface area contributed by atoms with Gasteiger partial charge in [0.2, 0.25) is 5.89 Å². The minimum atomic E-state index is -0.186. The van der Waals surface area contributed by atoms with E-state index in [2.05, 4.69) is 46.5 Å². The molecule has 0 amide bonds. The molecule has 1 saturated heterocycles. The summed E-state index contributed by atoms with van der Waals surface area (Å²) in [5, 5.41) is 6.90. The van der Waals surface area contributed by atoms with Gasteiger partial charge in [-0.1, -0.05) is 29.8 Å². The number of oxazole rings is 1. The summed E-state index contributed by atoms with van der Waals surface area (Å²) in [5.41, 5.74) is 4.12. The lowest BCUT2D eigenvalue weighted by molar-refractivity contribution is 0.198. The van der Waals surface area contributed by atoms with Crippen LogP contribution in [-0.4, -0.2) is 41.5 Å². The van der Waals surface area contributed by atoms with Crippen molar-refractivity contribution >= 4 is 29.9 Å². The zero-order valence-electron chi connectivity index (χ0n) is 19.8. The molecule has 1 aliphatic rings. The number of benzene rings is 2. The average Bonchev–Trinajstić information content (AvgIpc) is 3.30. The molecule has 1 fully saturated rings. The number of piperidine rings is 1. The largest absolute Gasteiger partial charge is 0.444 e. The molecule has 2 N–H and O–H groups in total. The first kappa shape index (κ1) is 26.2. The molecule has 0 radical (unpaired) electrons. The van der Waals surface area contributed by atoms with Crippen LogP contribution in [0.2, 0.25) is 0 Å². The number of nitrogens with one attached hydrogen (secondary N) is 2. The van der Waals surface area contributed by atoms with Gasteiger partial charge in [0.1, 0.15) is 17.8 Å². The van der Waals surface area contributed by atoms with Crippen molar-refractivity contribution in [1.82, 2.24) is 20.5 Å². The third kappa shape index (κ3) is 7.53. The average molecular weight is 577 g/mol. The van der Waals surface area contributed by atoms with E-state index in [4.69, 9.17) is 9.41 Å². The number of rotatable bonds is 7. The lowest BCUT2D eigenvalue weighted by Crippen LogP contribution is -2.48. The Morgan fingerprint density at radius 3 is 2.50 bits per heavy atom. The molecule has 0 bridgehead atoms. The topological polar surface area (TPSA) is 65.7 Å². The van der Waals surface area contributed by atoms with Crippen LogP contribution < -0.4 is 10.6 Å². The number of hydrogen-bond donors (Lipinski definition) is 2. The van der Waals surface area contributed by atoms with Crippen LogP contribution in [-0.2, 0) is 13.1 Å². The normalized spacial score (nSPS) is 15.1.